The number of hydrogen-bond acceptors (Lipinski definition) is 1. The van der Waals surface area contributed by atoms with Crippen molar-refractivity contribution in [1.29, 1.82) is 0 Å². The van der Waals surface area contributed by atoms with Crippen molar-refractivity contribution in [2.75, 3.05) is 0 Å². The molecule has 31 heavy (non-hydrogen) atoms. The van der Waals surface area contributed by atoms with Crippen molar-refractivity contribution < 1.29 is 5.11 Å². The largest absolute Gasteiger partial charge is 0.384 e. The van der Waals surface area contributed by atoms with E-state index < -0.39 is 22.3 Å². The van der Waals surface area contributed by atoms with Gasteiger partial charge in [-0.25, -0.2) is 0 Å². The fourth-order valence-electron chi connectivity index (χ4n) is 4.42. The molecule has 1 nitrogen and oxygen atoms in total. The van der Waals surface area contributed by atoms with E-state index in [1.54, 1.807) is 0 Å². The molecule has 0 amide bonds. The van der Waals surface area contributed by atoms with Crippen molar-refractivity contribution in [2.24, 2.45) is 0 Å². The van der Waals surface area contributed by atoms with Gasteiger partial charge < -0.3 is 5.11 Å². The second-order valence-corrected chi connectivity index (χ2v) is 21.5. The Hall–Kier alpha value is -2.13. The molecule has 0 radical (unpaired) electrons. The summed E-state index contributed by atoms with van der Waals surface area (Å²) >= 11 is 0. The highest BCUT2D eigenvalue weighted by atomic mass is 28.3. The van der Waals surface area contributed by atoms with Crippen molar-refractivity contribution >= 4 is 32.1 Å². The van der Waals surface area contributed by atoms with E-state index in [4.69, 9.17) is 0 Å². The van der Waals surface area contributed by atoms with Crippen LogP contribution < -0.4 is 5.19 Å². The van der Waals surface area contributed by atoms with Crippen molar-refractivity contribution in [3.05, 3.63) is 65.2 Å². The zero-order valence-corrected chi connectivity index (χ0v) is 22.1. The molecule has 0 spiro atoms. The van der Waals surface area contributed by atoms with Crippen LogP contribution in [0, 0.1) is 11.5 Å². The van der Waals surface area contributed by atoms with Crippen molar-refractivity contribution in [1.82, 2.24) is 0 Å². The van der Waals surface area contributed by atoms with E-state index in [2.05, 4.69) is 107 Å². The van der Waals surface area contributed by atoms with Gasteiger partial charge in [0.2, 0.25) is 0 Å². The number of benzene rings is 3. The standard InChI is InChI=1S/C28H34OSi2/c1-28(2,3)31(7,8)25-15-11-14-19-21(16-17-30(4,5)6)26-24(18-23(19)25)20-12-9-10-13-22(20)27(26)29/h9-15,18,27,29H,1-8H3. The van der Waals surface area contributed by atoms with E-state index in [0.717, 1.165) is 27.8 Å². The first-order valence-electron chi connectivity index (χ1n) is 11.2. The van der Waals surface area contributed by atoms with Gasteiger partial charge in [-0.3, -0.25) is 0 Å². The van der Waals surface area contributed by atoms with Crippen LogP contribution in [0.4, 0.5) is 0 Å². The van der Waals surface area contributed by atoms with Crippen LogP contribution in [0.15, 0.2) is 48.5 Å². The first-order chi connectivity index (χ1) is 14.3. The average molecular weight is 443 g/mol. The summed E-state index contributed by atoms with van der Waals surface area (Å²) in [5, 5.41) is 15.5. The van der Waals surface area contributed by atoms with Gasteiger partial charge >= 0.3 is 0 Å². The van der Waals surface area contributed by atoms with Gasteiger partial charge in [0, 0.05) is 11.1 Å². The van der Waals surface area contributed by atoms with Crippen molar-refractivity contribution in [3.63, 3.8) is 0 Å². The summed E-state index contributed by atoms with van der Waals surface area (Å²) in [7, 11) is -3.35. The molecule has 0 aliphatic heterocycles. The Bertz CT molecular complexity index is 1240. The molecule has 3 heteroatoms. The topological polar surface area (TPSA) is 20.2 Å². The summed E-state index contributed by atoms with van der Waals surface area (Å²) in [6, 6.07) is 17.3. The summed E-state index contributed by atoms with van der Waals surface area (Å²) < 4.78 is 0. The highest BCUT2D eigenvalue weighted by Crippen LogP contribution is 2.47. The van der Waals surface area contributed by atoms with Gasteiger partial charge in [0.25, 0.3) is 0 Å². The number of aliphatic hydroxyl groups excluding tert-OH is 1. The Morgan fingerprint density at radius 3 is 2.16 bits per heavy atom. The van der Waals surface area contributed by atoms with Crippen LogP contribution in [0.25, 0.3) is 21.9 Å². The smallest absolute Gasteiger partial charge is 0.129 e. The van der Waals surface area contributed by atoms with Crippen molar-refractivity contribution in [3.8, 4) is 22.6 Å². The van der Waals surface area contributed by atoms with Gasteiger partial charge in [-0.05, 0) is 38.6 Å². The van der Waals surface area contributed by atoms with Crippen LogP contribution in [-0.4, -0.2) is 21.3 Å². The van der Waals surface area contributed by atoms with Gasteiger partial charge in [0.1, 0.15) is 14.2 Å². The number of hydrogen-bond donors (Lipinski definition) is 1. The zero-order valence-electron chi connectivity index (χ0n) is 20.1. The van der Waals surface area contributed by atoms with Gasteiger partial charge in [-0.1, -0.05) is 107 Å². The molecule has 1 aliphatic rings. The maximum absolute atomic E-state index is 11.3. The highest BCUT2D eigenvalue weighted by molar-refractivity contribution is 6.93. The Kier molecular flexibility index (Phi) is 5.13. The minimum Gasteiger partial charge on any atom is -0.384 e. The quantitative estimate of drug-likeness (QED) is 0.323. The van der Waals surface area contributed by atoms with Crippen LogP contribution in [0.1, 0.15) is 43.6 Å². The van der Waals surface area contributed by atoms with Gasteiger partial charge in [0.15, 0.2) is 0 Å². The van der Waals surface area contributed by atoms with E-state index in [0.29, 0.717) is 0 Å². The fourth-order valence-corrected chi connectivity index (χ4v) is 7.12. The maximum Gasteiger partial charge on any atom is 0.129 e. The summed E-state index contributed by atoms with van der Waals surface area (Å²) in [6.07, 6.45) is -0.613. The predicted molar refractivity (Wildman–Crippen MR) is 141 cm³/mol. The van der Waals surface area contributed by atoms with Gasteiger partial charge in [-0.15, -0.1) is 5.54 Å². The first kappa shape index (κ1) is 22.1. The molecule has 0 bridgehead atoms. The summed E-state index contributed by atoms with van der Waals surface area (Å²) in [5.74, 6) is 3.58. The molecule has 3 aromatic rings. The molecule has 0 aromatic heterocycles. The Morgan fingerprint density at radius 2 is 1.52 bits per heavy atom. The first-order valence-corrected chi connectivity index (χ1v) is 17.7. The van der Waals surface area contributed by atoms with Crippen LogP contribution in [0.2, 0.25) is 37.8 Å². The third kappa shape index (κ3) is 3.61. The molecule has 3 aromatic carbocycles. The second-order valence-electron chi connectivity index (χ2n) is 11.5. The number of fused-ring (bicyclic) bond motifs is 4. The summed E-state index contributed by atoms with van der Waals surface area (Å²) in [5.41, 5.74) is 8.90. The third-order valence-electron chi connectivity index (χ3n) is 7.15. The zero-order chi connectivity index (χ0) is 22.8. The molecule has 0 saturated carbocycles. The third-order valence-corrected chi connectivity index (χ3v) is 13.6. The molecule has 4 rings (SSSR count). The molecule has 0 heterocycles. The van der Waals surface area contributed by atoms with Crippen molar-refractivity contribution in [2.45, 2.75) is 64.6 Å². The molecule has 1 aliphatic carbocycles. The summed E-state index contributed by atoms with van der Waals surface area (Å²) in [4.78, 5) is 0. The maximum atomic E-state index is 11.3. The monoisotopic (exact) mass is 442 g/mol. The number of aliphatic hydroxyl groups is 1. The Labute approximate surface area is 189 Å². The van der Waals surface area contributed by atoms with Gasteiger partial charge in [-0.2, -0.15) is 0 Å². The predicted octanol–water partition coefficient (Wildman–Crippen LogP) is 6.85. The molecule has 0 saturated heterocycles. The molecular weight excluding hydrogens is 408 g/mol. The van der Waals surface area contributed by atoms with Crippen LogP contribution >= 0.6 is 0 Å². The lowest BCUT2D eigenvalue weighted by Crippen LogP contribution is -2.49. The lowest BCUT2D eigenvalue weighted by molar-refractivity contribution is 0.225. The van der Waals surface area contributed by atoms with Crippen LogP contribution in [-0.2, 0) is 0 Å². The van der Waals surface area contributed by atoms with Crippen LogP contribution in [0.5, 0.6) is 0 Å². The SMILES string of the molecule is CC(C)(C)[Si](C)(C)c1cccc2c(C#C[Si](C)(C)C)c3c(cc12)-c1ccccc1C3O. The normalized spacial score (nSPS) is 16.0. The molecule has 1 atom stereocenters. The molecule has 0 fully saturated rings. The van der Waals surface area contributed by atoms with E-state index in [9.17, 15) is 5.11 Å². The van der Waals surface area contributed by atoms with Crippen LogP contribution in [0.3, 0.4) is 0 Å². The Morgan fingerprint density at radius 1 is 0.839 bits per heavy atom. The summed E-state index contributed by atoms with van der Waals surface area (Å²) in [6.45, 7) is 18.9. The van der Waals surface area contributed by atoms with E-state index in [-0.39, 0.29) is 5.04 Å². The molecule has 1 N–H and O–H groups in total. The van der Waals surface area contributed by atoms with Gasteiger partial charge in [0.05, 0.1) is 8.07 Å². The lowest BCUT2D eigenvalue weighted by atomic mass is 9.94. The average Bonchev–Trinajstić information content (AvgIpc) is 2.96. The Balaban J connectivity index is 2.15. The molecule has 1 unspecified atom stereocenters. The van der Waals surface area contributed by atoms with E-state index >= 15 is 0 Å². The lowest BCUT2D eigenvalue weighted by Gasteiger charge is -2.38. The number of rotatable bonds is 1. The molecule has 160 valence electrons. The minimum atomic E-state index is -1.77. The second kappa shape index (κ2) is 7.20. The van der Waals surface area contributed by atoms with E-state index in [1.807, 2.05) is 6.07 Å². The molecular formula is C28H34OSi2. The fraction of sp³-hybridized carbons (Fsp3) is 0.357. The van der Waals surface area contributed by atoms with E-state index in [1.165, 1.54) is 16.0 Å². The minimum absolute atomic E-state index is 0.238. The highest BCUT2D eigenvalue weighted by Gasteiger charge is 2.39.